The molecule has 31 heavy (non-hydrogen) atoms. The van der Waals surface area contributed by atoms with Gasteiger partial charge in [-0.05, 0) is 41.5 Å². The van der Waals surface area contributed by atoms with Crippen LogP contribution in [0.2, 0.25) is 0 Å². The van der Waals surface area contributed by atoms with E-state index in [0.717, 1.165) is 11.3 Å². The first-order chi connectivity index (χ1) is 15.1. The average Bonchev–Trinajstić information content (AvgIpc) is 3.28. The zero-order valence-electron chi connectivity index (χ0n) is 16.9. The molecule has 0 saturated heterocycles. The van der Waals surface area contributed by atoms with E-state index in [2.05, 4.69) is 10.3 Å². The lowest BCUT2D eigenvalue weighted by molar-refractivity contribution is -0.124. The highest BCUT2D eigenvalue weighted by molar-refractivity contribution is 6.01. The Bertz CT molecular complexity index is 1150. The van der Waals surface area contributed by atoms with Crippen LogP contribution in [0, 0.1) is 0 Å². The predicted octanol–water partition coefficient (Wildman–Crippen LogP) is 3.04. The number of amides is 2. The van der Waals surface area contributed by atoms with Gasteiger partial charge in [0, 0.05) is 18.8 Å². The third-order valence-electron chi connectivity index (χ3n) is 5.77. The van der Waals surface area contributed by atoms with Crippen molar-refractivity contribution < 1.29 is 19.1 Å². The summed E-state index contributed by atoms with van der Waals surface area (Å²) in [4.78, 5) is 32.5. The van der Waals surface area contributed by atoms with E-state index in [1.165, 1.54) is 0 Å². The number of benzene rings is 2. The highest BCUT2D eigenvalue weighted by Crippen LogP contribution is 2.44. The number of nitrogens with zero attached hydrogens (tertiary/aromatic N) is 2. The normalized spacial score (nSPS) is 19.1. The number of hydrogen-bond acceptors (Lipinski definition) is 5. The molecule has 0 spiro atoms. The number of hydrogen-bond donors (Lipinski definition) is 1. The van der Waals surface area contributed by atoms with Crippen LogP contribution in [0.1, 0.15) is 39.1 Å². The van der Waals surface area contributed by atoms with Gasteiger partial charge in [-0.1, -0.05) is 30.3 Å². The van der Waals surface area contributed by atoms with E-state index in [1.807, 2.05) is 54.6 Å². The first-order valence-electron chi connectivity index (χ1n) is 10.1. The Hall–Kier alpha value is -3.87. The number of carbonyl (C=O) groups is 2. The van der Waals surface area contributed by atoms with Crippen LogP contribution in [0.25, 0.3) is 0 Å². The molecular weight excluding hydrogens is 394 g/mol. The summed E-state index contributed by atoms with van der Waals surface area (Å²) < 4.78 is 10.9. The van der Waals surface area contributed by atoms with Gasteiger partial charge < -0.3 is 19.7 Å². The molecule has 1 aromatic heterocycles. The zero-order chi connectivity index (χ0) is 21.4. The fraction of sp³-hybridized carbons (Fsp3) is 0.208. The topological polar surface area (TPSA) is 80.8 Å². The molecule has 0 bridgehead atoms. The van der Waals surface area contributed by atoms with Crippen LogP contribution < -0.4 is 14.8 Å². The Morgan fingerprint density at radius 2 is 1.90 bits per heavy atom. The summed E-state index contributed by atoms with van der Waals surface area (Å²) in [7, 11) is 1.73. The first-order valence-corrected chi connectivity index (χ1v) is 10.1. The standard InChI is InChI=1S/C24H21N3O4/c1-27-22(15-9-10-19-20(12-15)31-14-30-19)21(17-7-2-3-8-18(17)24(27)29)23(28)26-13-16-6-4-5-11-25-16/h2-12,21-22H,13-14H2,1H3,(H,26,28)/t21-,22-/m1/s1. The quantitative estimate of drug-likeness (QED) is 0.709. The SMILES string of the molecule is CN1C(=O)c2ccccc2[C@@H](C(=O)NCc2ccccn2)[C@H]1c1ccc2c(c1)OCO2. The number of nitrogens with one attached hydrogen (secondary N) is 1. The van der Waals surface area contributed by atoms with Crippen molar-refractivity contribution in [1.82, 2.24) is 15.2 Å². The van der Waals surface area contributed by atoms with Crippen molar-refractivity contribution in [2.24, 2.45) is 0 Å². The molecule has 156 valence electrons. The van der Waals surface area contributed by atoms with Gasteiger partial charge in [0.1, 0.15) is 0 Å². The van der Waals surface area contributed by atoms with Crippen LogP contribution in [0.5, 0.6) is 11.5 Å². The van der Waals surface area contributed by atoms with Gasteiger partial charge in [-0.3, -0.25) is 14.6 Å². The van der Waals surface area contributed by atoms with Gasteiger partial charge in [-0.2, -0.15) is 0 Å². The summed E-state index contributed by atoms with van der Waals surface area (Å²) in [5.74, 6) is 0.407. The highest BCUT2D eigenvalue weighted by atomic mass is 16.7. The number of carbonyl (C=O) groups excluding carboxylic acids is 2. The van der Waals surface area contributed by atoms with Crippen LogP contribution >= 0.6 is 0 Å². The van der Waals surface area contributed by atoms with Gasteiger partial charge in [0.15, 0.2) is 11.5 Å². The van der Waals surface area contributed by atoms with E-state index >= 15 is 0 Å². The predicted molar refractivity (Wildman–Crippen MR) is 113 cm³/mol. The monoisotopic (exact) mass is 415 g/mol. The van der Waals surface area contributed by atoms with Crippen molar-refractivity contribution >= 4 is 11.8 Å². The molecule has 0 saturated carbocycles. The fourth-order valence-electron chi connectivity index (χ4n) is 4.26. The summed E-state index contributed by atoms with van der Waals surface area (Å²) in [5, 5.41) is 3.00. The van der Waals surface area contributed by atoms with Crippen LogP contribution in [0.15, 0.2) is 66.9 Å². The Balaban J connectivity index is 1.54. The van der Waals surface area contributed by atoms with Gasteiger partial charge in [0.25, 0.3) is 5.91 Å². The molecule has 2 amide bonds. The minimum Gasteiger partial charge on any atom is -0.454 e. The van der Waals surface area contributed by atoms with E-state index in [4.69, 9.17) is 9.47 Å². The van der Waals surface area contributed by atoms with E-state index in [-0.39, 0.29) is 18.6 Å². The van der Waals surface area contributed by atoms with Gasteiger partial charge in [0.2, 0.25) is 12.7 Å². The smallest absolute Gasteiger partial charge is 0.254 e. The second-order valence-electron chi connectivity index (χ2n) is 7.58. The lowest BCUT2D eigenvalue weighted by Crippen LogP contribution is -2.45. The second kappa shape index (κ2) is 7.75. The van der Waals surface area contributed by atoms with Gasteiger partial charge in [-0.15, -0.1) is 0 Å². The third kappa shape index (κ3) is 3.38. The zero-order valence-corrected chi connectivity index (χ0v) is 16.9. The first kappa shape index (κ1) is 19.1. The summed E-state index contributed by atoms with van der Waals surface area (Å²) in [6, 6.07) is 17.9. The average molecular weight is 415 g/mol. The molecule has 0 unspecified atom stereocenters. The lowest BCUT2D eigenvalue weighted by Gasteiger charge is -2.39. The van der Waals surface area contributed by atoms with Crippen LogP contribution in [-0.2, 0) is 11.3 Å². The maximum absolute atomic E-state index is 13.5. The van der Waals surface area contributed by atoms with Crippen molar-refractivity contribution in [2.75, 3.05) is 13.8 Å². The fourth-order valence-corrected chi connectivity index (χ4v) is 4.26. The number of aromatic nitrogens is 1. The molecule has 2 aromatic carbocycles. The van der Waals surface area contributed by atoms with Crippen molar-refractivity contribution in [3.63, 3.8) is 0 Å². The van der Waals surface area contributed by atoms with Crippen molar-refractivity contribution in [3.05, 3.63) is 89.2 Å². The number of likely N-dealkylation sites (N-methyl/N-ethyl adjacent to an activating group) is 1. The maximum Gasteiger partial charge on any atom is 0.254 e. The van der Waals surface area contributed by atoms with Crippen molar-refractivity contribution in [2.45, 2.75) is 18.5 Å². The Morgan fingerprint density at radius 3 is 2.74 bits per heavy atom. The molecule has 7 nitrogen and oxygen atoms in total. The summed E-state index contributed by atoms with van der Waals surface area (Å²) in [6.07, 6.45) is 1.69. The third-order valence-corrected chi connectivity index (χ3v) is 5.77. The Kier molecular flexibility index (Phi) is 4.78. The lowest BCUT2D eigenvalue weighted by atomic mass is 9.79. The molecule has 2 atom stereocenters. The van der Waals surface area contributed by atoms with Crippen LogP contribution in [0.3, 0.4) is 0 Å². The maximum atomic E-state index is 13.5. The number of ether oxygens (including phenoxy) is 2. The van der Waals surface area contributed by atoms with E-state index in [9.17, 15) is 9.59 Å². The van der Waals surface area contributed by atoms with Gasteiger partial charge in [-0.25, -0.2) is 0 Å². The molecule has 0 fully saturated rings. The summed E-state index contributed by atoms with van der Waals surface area (Å²) in [6.45, 7) is 0.471. The van der Waals surface area contributed by atoms with Crippen LogP contribution in [0.4, 0.5) is 0 Å². The minimum absolute atomic E-state index is 0.118. The summed E-state index contributed by atoms with van der Waals surface area (Å²) >= 11 is 0. The molecule has 1 N–H and O–H groups in total. The molecule has 3 heterocycles. The highest BCUT2D eigenvalue weighted by Gasteiger charge is 2.42. The molecule has 0 radical (unpaired) electrons. The Morgan fingerprint density at radius 1 is 1.10 bits per heavy atom. The summed E-state index contributed by atoms with van der Waals surface area (Å²) in [5.41, 5.74) is 2.84. The van der Waals surface area contributed by atoms with Crippen molar-refractivity contribution in [1.29, 1.82) is 0 Å². The minimum atomic E-state index is -0.581. The van der Waals surface area contributed by atoms with Crippen molar-refractivity contribution in [3.8, 4) is 11.5 Å². The molecule has 3 aromatic rings. The second-order valence-corrected chi connectivity index (χ2v) is 7.58. The molecule has 2 aliphatic heterocycles. The van der Waals surface area contributed by atoms with Gasteiger partial charge >= 0.3 is 0 Å². The molecular formula is C24H21N3O4. The number of rotatable bonds is 4. The van der Waals surface area contributed by atoms with E-state index in [1.54, 1.807) is 24.2 Å². The molecule has 5 rings (SSSR count). The van der Waals surface area contributed by atoms with E-state index < -0.39 is 12.0 Å². The Labute approximate surface area is 179 Å². The number of fused-ring (bicyclic) bond motifs is 2. The van der Waals surface area contributed by atoms with Gasteiger partial charge in [0.05, 0.1) is 24.2 Å². The molecule has 2 aliphatic rings. The molecule has 7 heteroatoms. The van der Waals surface area contributed by atoms with Crippen LogP contribution in [-0.4, -0.2) is 35.5 Å². The largest absolute Gasteiger partial charge is 0.454 e. The van der Waals surface area contributed by atoms with E-state index in [0.29, 0.717) is 29.2 Å². The number of pyridine rings is 1. The molecule has 0 aliphatic carbocycles.